The zero-order valence-corrected chi connectivity index (χ0v) is 8.82. The number of hydrogen-bond donors (Lipinski definition) is 1. The van der Waals surface area contributed by atoms with Gasteiger partial charge in [-0.15, -0.1) is 23.7 Å². The molecule has 1 heterocycles. The normalized spacial score (nSPS) is 12.4. The summed E-state index contributed by atoms with van der Waals surface area (Å²) < 4.78 is 0. The maximum absolute atomic E-state index is 5.22. The Morgan fingerprint density at radius 2 is 2.54 bits per heavy atom. The van der Waals surface area contributed by atoms with Gasteiger partial charge in [-0.25, -0.2) is 4.98 Å². The smallest absolute Gasteiger partial charge is 0.0897 e. The van der Waals surface area contributed by atoms with Crippen LogP contribution in [0.4, 0.5) is 0 Å². The topological polar surface area (TPSA) is 24.9 Å². The highest BCUT2D eigenvalue weighted by atomic mass is 32.1. The third-order valence-corrected chi connectivity index (χ3v) is 2.93. The van der Waals surface area contributed by atoms with Gasteiger partial charge in [-0.05, 0) is 20.4 Å². The lowest BCUT2D eigenvalue weighted by molar-refractivity contribution is 0.566. The van der Waals surface area contributed by atoms with Crippen LogP contribution in [0.2, 0.25) is 0 Å². The Bertz CT molecular complexity index is 298. The zero-order valence-electron chi connectivity index (χ0n) is 8.00. The van der Waals surface area contributed by atoms with Crippen molar-refractivity contribution in [1.29, 1.82) is 0 Å². The summed E-state index contributed by atoms with van der Waals surface area (Å²) in [5.41, 5.74) is 0. The van der Waals surface area contributed by atoms with Gasteiger partial charge in [0.05, 0.1) is 5.01 Å². The monoisotopic (exact) mass is 194 g/mol. The van der Waals surface area contributed by atoms with Crippen LogP contribution >= 0.6 is 11.3 Å². The van der Waals surface area contributed by atoms with Gasteiger partial charge in [0.1, 0.15) is 0 Å². The molecule has 1 rings (SSSR count). The average Bonchev–Trinajstić information content (AvgIpc) is 2.54. The molecule has 1 N–H and O–H groups in total. The van der Waals surface area contributed by atoms with Gasteiger partial charge in [0.2, 0.25) is 0 Å². The minimum absolute atomic E-state index is 0.363. The van der Waals surface area contributed by atoms with Gasteiger partial charge in [-0.1, -0.05) is 0 Å². The largest absolute Gasteiger partial charge is 0.312 e. The van der Waals surface area contributed by atoms with Crippen LogP contribution in [0.3, 0.4) is 0 Å². The molecule has 1 unspecified atom stereocenters. The predicted octanol–water partition coefficient (Wildman–Crippen LogP) is 2.13. The Kier molecular flexibility index (Phi) is 3.94. The van der Waals surface area contributed by atoms with Crippen LogP contribution < -0.4 is 5.32 Å². The molecule has 2 nitrogen and oxygen atoms in total. The number of nitrogens with zero attached hydrogens (tertiary/aromatic N) is 1. The minimum atomic E-state index is 0.363. The van der Waals surface area contributed by atoms with E-state index in [4.69, 9.17) is 6.42 Å². The fourth-order valence-electron chi connectivity index (χ4n) is 1.20. The molecule has 0 aromatic carbocycles. The van der Waals surface area contributed by atoms with Crippen molar-refractivity contribution in [3.05, 3.63) is 16.1 Å². The highest BCUT2D eigenvalue weighted by molar-refractivity contribution is 7.11. The second kappa shape index (κ2) is 5.00. The van der Waals surface area contributed by atoms with E-state index in [1.807, 2.05) is 20.2 Å². The number of aryl methyl sites for hydroxylation is 1. The van der Waals surface area contributed by atoms with Gasteiger partial charge in [0.25, 0.3) is 0 Å². The SMILES string of the molecule is C#CCCC(NC)c1cnc(C)s1. The van der Waals surface area contributed by atoms with Gasteiger partial charge >= 0.3 is 0 Å². The molecular weight excluding hydrogens is 180 g/mol. The van der Waals surface area contributed by atoms with E-state index < -0.39 is 0 Å². The van der Waals surface area contributed by atoms with Crippen LogP contribution in [0.5, 0.6) is 0 Å². The van der Waals surface area contributed by atoms with Crippen LogP contribution in [0.1, 0.15) is 28.8 Å². The summed E-state index contributed by atoms with van der Waals surface area (Å²) in [5, 5.41) is 4.35. The van der Waals surface area contributed by atoms with Gasteiger partial charge < -0.3 is 5.32 Å². The molecule has 0 saturated heterocycles. The second-order valence-corrected chi connectivity index (χ2v) is 4.13. The molecule has 1 atom stereocenters. The summed E-state index contributed by atoms with van der Waals surface area (Å²) in [6.45, 7) is 2.02. The standard InChI is InChI=1S/C10H14N2S/c1-4-5-6-9(11-3)10-7-12-8(2)13-10/h1,7,9,11H,5-6H2,2-3H3. The van der Waals surface area contributed by atoms with E-state index in [0.29, 0.717) is 6.04 Å². The van der Waals surface area contributed by atoms with Gasteiger partial charge in [0.15, 0.2) is 0 Å². The lowest BCUT2D eigenvalue weighted by Crippen LogP contribution is -2.14. The average molecular weight is 194 g/mol. The number of rotatable bonds is 4. The van der Waals surface area contributed by atoms with Crippen molar-refractivity contribution >= 4 is 11.3 Å². The molecule has 0 saturated carbocycles. The summed E-state index contributed by atoms with van der Waals surface area (Å²) in [5.74, 6) is 2.65. The summed E-state index contributed by atoms with van der Waals surface area (Å²) >= 11 is 1.73. The maximum atomic E-state index is 5.22. The van der Waals surface area contributed by atoms with E-state index in [9.17, 15) is 0 Å². The zero-order chi connectivity index (χ0) is 9.68. The third kappa shape index (κ3) is 2.83. The Labute approximate surface area is 83.4 Å². The van der Waals surface area contributed by atoms with Crippen molar-refractivity contribution in [3.8, 4) is 12.3 Å². The molecule has 0 aliphatic rings. The van der Waals surface area contributed by atoms with Crippen molar-refractivity contribution in [1.82, 2.24) is 10.3 Å². The predicted molar refractivity (Wildman–Crippen MR) is 56.7 cm³/mol. The molecule has 0 aliphatic heterocycles. The van der Waals surface area contributed by atoms with Crippen molar-refractivity contribution in [2.45, 2.75) is 25.8 Å². The molecule has 0 amide bonds. The first-order valence-corrected chi connectivity index (χ1v) is 5.12. The molecule has 70 valence electrons. The Balaban J connectivity index is 2.62. The number of aromatic nitrogens is 1. The molecular formula is C10H14N2S. The minimum Gasteiger partial charge on any atom is -0.312 e. The third-order valence-electron chi connectivity index (χ3n) is 1.91. The Hall–Kier alpha value is -0.850. The summed E-state index contributed by atoms with van der Waals surface area (Å²) in [6, 6.07) is 0.363. The van der Waals surface area contributed by atoms with Crippen molar-refractivity contribution in [3.63, 3.8) is 0 Å². The lowest BCUT2D eigenvalue weighted by atomic mass is 10.1. The lowest BCUT2D eigenvalue weighted by Gasteiger charge is -2.11. The summed E-state index contributed by atoms with van der Waals surface area (Å²) in [7, 11) is 1.95. The van der Waals surface area contributed by atoms with E-state index >= 15 is 0 Å². The number of thiazole rings is 1. The quantitative estimate of drug-likeness (QED) is 0.743. The van der Waals surface area contributed by atoms with E-state index in [1.54, 1.807) is 11.3 Å². The first-order chi connectivity index (χ1) is 6.27. The molecule has 1 aromatic heterocycles. The molecule has 0 radical (unpaired) electrons. The number of hydrogen-bond acceptors (Lipinski definition) is 3. The molecule has 1 aromatic rings. The van der Waals surface area contributed by atoms with Crippen molar-refractivity contribution < 1.29 is 0 Å². The van der Waals surface area contributed by atoms with Crippen LogP contribution in [-0.4, -0.2) is 12.0 Å². The first kappa shape index (κ1) is 10.2. The Morgan fingerprint density at radius 3 is 3.00 bits per heavy atom. The van der Waals surface area contributed by atoms with Crippen LogP contribution in [0.15, 0.2) is 6.20 Å². The van der Waals surface area contributed by atoms with Gasteiger partial charge in [-0.2, -0.15) is 0 Å². The van der Waals surface area contributed by atoms with E-state index in [0.717, 1.165) is 17.8 Å². The fourth-order valence-corrected chi connectivity index (χ4v) is 2.13. The maximum Gasteiger partial charge on any atom is 0.0897 e. The molecule has 0 spiro atoms. The second-order valence-electron chi connectivity index (χ2n) is 2.87. The Morgan fingerprint density at radius 1 is 1.77 bits per heavy atom. The van der Waals surface area contributed by atoms with Crippen molar-refractivity contribution in [2.75, 3.05) is 7.05 Å². The van der Waals surface area contributed by atoms with Gasteiger partial charge in [0, 0.05) is 23.5 Å². The molecule has 0 bridgehead atoms. The molecule has 13 heavy (non-hydrogen) atoms. The highest BCUT2D eigenvalue weighted by Gasteiger charge is 2.10. The fraction of sp³-hybridized carbons (Fsp3) is 0.500. The summed E-state index contributed by atoms with van der Waals surface area (Å²) in [6.07, 6.45) is 8.94. The molecule has 0 aliphatic carbocycles. The van der Waals surface area contributed by atoms with Crippen LogP contribution in [-0.2, 0) is 0 Å². The number of terminal acetylenes is 1. The van der Waals surface area contributed by atoms with Crippen LogP contribution in [0.25, 0.3) is 0 Å². The number of nitrogens with one attached hydrogen (secondary N) is 1. The highest BCUT2D eigenvalue weighted by Crippen LogP contribution is 2.23. The summed E-state index contributed by atoms with van der Waals surface area (Å²) in [4.78, 5) is 5.49. The van der Waals surface area contributed by atoms with Crippen molar-refractivity contribution in [2.24, 2.45) is 0 Å². The van der Waals surface area contributed by atoms with E-state index in [1.165, 1.54) is 4.88 Å². The molecule has 3 heteroatoms. The van der Waals surface area contributed by atoms with E-state index in [-0.39, 0.29) is 0 Å². The first-order valence-electron chi connectivity index (χ1n) is 4.31. The molecule has 0 fully saturated rings. The van der Waals surface area contributed by atoms with Gasteiger partial charge in [-0.3, -0.25) is 0 Å². The van der Waals surface area contributed by atoms with E-state index in [2.05, 4.69) is 16.2 Å². The van der Waals surface area contributed by atoms with Crippen LogP contribution in [0, 0.1) is 19.3 Å².